The lowest BCUT2D eigenvalue weighted by Crippen LogP contribution is -2.28. The normalized spacial score (nSPS) is 12.1. The SMILES string of the molecule is CCCCn1c(SCC(=O)NC(C)c2ccc(CC)cc2)n[nH]c1=O. The molecule has 0 aliphatic rings. The monoisotopic (exact) mass is 362 g/mol. The van der Waals surface area contributed by atoms with E-state index in [9.17, 15) is 9.59 Å². The maximum absolute atomic E-state index is 12.2. The number of aryl methyl sites for hydroxylation is 1. The van der Waals surface area contributed by atoms with Gasteiger partial charge in [0.2, 0.25) is 5.91 Å². The highest BCUT2D eigenvalue weighted by Crippen LogP contribution is 2.16. The van der Waals surface area contributed by atoms with E-state index in [0.29, 0.717) is 11.7 Å². The van der Waals surface area contributed by atoms with Gasteiger partial charge in [-0.05, 0) is 30.9 Å². The molecule has 0 fully saturated rings. The van der Waals surface area contributed by atoms with Gasteiger partial charge in [0.15, 0.2) is 5.16 Å². The molecule has 1 aromatic carbocycles. The number of benzene rings is 1. The molecular formula is C18H26N4O2S. The summed E-state index contributed by atoms with van der Waals surface area (Å²) in [6.45, 7) is 6.78. The second-order valence-electron chi connectivity index (χ2n) is 5.99. The van der Waals surface area contributed by atoms with Crippen molar-refractivity contribution in [2.75, 3.05) is 5.75 Å². The van der Waals surface area contributed by atoms with Crippen molar-refractivity contribution in [2.24, 2.45) is 0 Å². The number of aromatic nitrogens is 3. The molecule has 1 atom stereocenters. The number of carbonyl (C=O) groups excluding carboxylic acids is 1. The lowest BCUT2D eigenvalue weighted by molar-refractivity contribution is -0.119. The van der Waals surface area contributed by atoms with E-state index in [1.54, 1.807) is 4.57 Å². The Balaban J connectivity index is 1.88. The minimum Gasteiger partial charge on any atom is -0.349 e. The molecule has 1 heterocycles. The van der Waals surface area contributed by atoms with Crippen LogP contribution in [0.2, 0.25) is 0 Å². The largest absolute Gasteiger partial charge is 0.349 e. The topological polar surface area (TPSA) is 79.8 Å². The summed E-state index contributed by atoms with van der Waals surface area (Å²) in [6, 6.07) is 8.21. The van der Waals surface area contributed by atoms with Crippen LogP contribution < -0.4 is 11.0 Å². The fourth-order valence-corrected chi connectivity index (χ4v) is 3.25. The van der Waals surface area contributed by atoms with Crippen molar-refractivity contribution in [3.05, 3.63) is 45.9 Å². The van der Waals surface area contributed by atoms with Crippen molar-refractivity contribution in [2.45, 2.75) is 57.8 Å². The smallest absolute Gasteiger partial charge is 0.343 e. The molecule has 2 rings (SSSR count). The zero-order valence-electron chi connectivity index (χ0n) is 15.0. The van der Waals surface area contributed by atoms with Crippen molar-refractivity contribution < 1.29 is 4.79 Å². The molecule has 7 heteroatoms. The van der Waals surface area contributed by atoms with Crippen molar-refractivity contribution in [1.29, 1.82) is 0 Å². The Bertz CT molecular complexity index is 736. The van der Waals surface area contributed by atoms with Gasteiger partial charge >= 0.3 is 5.69 Å². The zero-order valence-corrected chi connectivity index (χ0v) is 15.9. The number of carbonyl (C=O) groups is 1. The molecule has 1 aromatic heterocycles. The van der Waals surface area contributed by atoms with Gasteiger partial charge in [-0.1, -0.05) is 56.3 Å². The van der Waals surface area contributed by atoms with E-state index in [4.69, 9.17) is 0 Å². The number of H-pyrrole nitrogens is 1. The lowest BCUT2D eigenvalue weighted by atomic mass is 10.1. The molecule has 0 saturated heterocycles. The quantitative estimate of drug-likeness (QED) is 0.672. The molecule has 0 aliphatic carbocycles. The van der Waals surface area contributed by atoms with E-state index in [1.165, 1.54) is 17.3 Å². The molecule has 2 N–H and O–H groups in total. The number of amides is 1. The average molecular weight is 362 g/mol. The van der Waals surface area contributed by atoms with Gasteiger partial charge in [0.05, 0.1) is 11.8 Å². The van der Waals surface area contributed by atoms with Gasteiger partial charge in [-0.3, -0.25) is 9.36 Å². The molecular weight excluding hydrogens is 336 g/mol. The third kappa shape index (κ3) is 5.49. The Labute approximate surface area is 152 Å². The standard InChI is InChI=1S/C18H26N4O2S/c1-4-6-11-22-17(24)20-21-18(22)25-12-16(23)19-13(3)15-9-7-14(5-2)8-10-15/h7-10,13H,4-6,11-12H2,1-3H3,(H,19,23)(H,20,24). The van der Waals surface area contributed by atoms with Crippen molar-refractivity contribution in [3.63, 3.8) is 0 Å². The number of hydrogen-bond donors (Lipinski definition) is 2. The zero-order chi connectivity index (χ0) is 18.2. The maximum atomic E-state index is 12.2. The number of hydrogen-bond acceptors (Lipinski definition) is 4. The highest BCUT2D eigenvalue weighted by atomic mass is 32.2. The van der Waals surface area contributed by atoms with Crippen molar-refractivity contribution in [1.82, 2.24) is 20.1 Å². The van der Waals surface area contributed by atoms with Crippen LogP contribution >= 0.6 is 11.8 Å². The molecule has 25 heavy (non-hydrogen) atoms. The molecule has 0 radical (unpaired) electrons. The van der Waals surface area contributed by atoms with E-state index in [0.717, 1.165) is 24.8 Å². The van der Waals surface area contributed by atoms with Crippen LogP contribution in [0.5, 0.6) is 0 Å². The molecule has 0 saturated carbocycles. The van der Waals surface area contributed by atoms with Crippen LogP contribution in [0.15, 0.2) is 34.2 Å². The van der Waals surface area contributed by atoms with E-state index in [2.05, 4.69) is 41.5 Å². The lowest BCUT2D eigenvalue weighted by Gasteiger charge is -2.14. The summed E-state index contributed by atoms with van der Waals surface area (Å²) in [5.41, 5.74) is 2.14. The summed E-state index contributed by atoms with van der Waals surface area (Å²) in [7, 11) is 0. The third-order valence-electron chi connectivity index (χ3n) is 4.06. The molecule has 1 unspecified atom stereocenters. The van der Waals surface area contributed by atoms with E-state index in [-0.39, 0.29) is 23.4 Å². The molecule has 1 amide bonds. The Morgan fingerprint density at radius 3 is 2.68 bits per heavy atom. The molecule has 0 bridgehead atoms. The Hall–Kier alpha value is -2.02. The summed E-state index contributed by atoms with van der Waals surface area (Å²) >= 11 is 1.28. The Morgan fingerprint density at radius 2 is 2.04 bits per heavy atom. The number of unbranched alkanes of at least 4 members (excludes halogenated alkanes) is 1. The minimum atomic E-state index is -0.222. The van der Waals surface area contributed by atoms with E-state index >= 15 is 0 Å². The third-order valence-corrected chi connectivity index (χ3v) is 5.03. The highest BCUT2D eigenvalue weighted by molar-refractivity contribution is 7.99. The predicted octanol–water partition coefficient (Wildman–Crippen LogP) is 2.90. The Kier molecular flexibility index (Phi) is 7.31. The summed E-state index contributed by atoms with van der Waals surface area (Å²) < 4.78 is 1.59. The van der Waals surface area contributed by atoms with Gasteiger partial charge in [0.1, 0.15) is 0 Å². The van der Waals surface area contributed by atoms with Crippen LogP contribution in [-0.2, 0) is 17.8 Å². The van der Waals surface area contributed by atoms with Crippen LogP contribution in [-0.4, -0.2) is 26.4 Å². The number of rotatable bonds is 9. The van der Waals surface area contributed by atoms with Gasteiger partial charge in [-0.2, -0.15) is 0 Å². The second kappa shape index (κ2) is 9.46. The Morgan fingerprint density at radius 1 is 1.32 bits per heavy atom. The molecule has 2 aromatic rings. The number of thioether (sulfide) groups is 1. The summed E-state index contributed by atoms with van der Waals surface area (Å²) in [6.07, 6.45) is 2.90. The first-order chi connectivity index (χ1) is 12.0. The fourth-order valence-electron chi connectivity index (χ4n) is 2.47. The maximum Gasteiger partial charge on any atom is 0.343 e. The van der Waals surface area contributed by atoms with Crippen molar-refractivity contribution in [3.8, 4) is 0 Å². The van der Waals surface area contributed by atoms with E-state index < -0.39 is 0 Å². The summed E-state index contributed by atoms with van der Waals surface area (Å²) in [5, 5.41) is 10.0. The first-order valence-electron chi connectivity index (χ1n) is 8.71. The number of nitrogens with zero attached hydrogens (tertiary/aromatic N) is 2. The average Bonchev–Trinajstić information content (AvgIpc) is 2.98. The predicted molar refractivity (Wildman–Crippen MR) is 101 cm³/mol. The van der Waals surface area contributed by atoms with Crippen LogP contribution in [0, 0.1) is 0 Å². The second-order valence-corrected chi connectivity index (χ2v) is 6.93. The van der Waals surface area contributed by atoms with Gasteiger partial charge in [0, 0.05) is 6.54 Å². The van der Waals surface area contributed by atoms with E-state index in [1.807, 2.05) is 19.1 Å². The van der Waals surface area contributed by atoms with Crippen LogP contribution in [0.3, 0.4) is 0 Å². The van der Waals surface area contributed by atoms with Gasteiger partial charge in [-0.25, -0.2) is 9.89 Å². The first-order valence-corrected chi connectivity index (χ1v) is 9.69. The van der Waals surface area contributed by atoms with Gasteiger partial charge < -0.3 is 5.32 Å². The van der Waals surface area contributed by atoms with Gasteiger partial charge in [-0.15, -0.1) is 5.10 Å². The molecule has 0 spiro atoms. The summed E-state index contributed by atoms with van der Waals surface area (Å²) in [5.74, 6) is 0.155. The highest BCUT2D eigenvalue weighted by Gasteiger charge is 2.13. The number of nitrogens with one attached hydrogen (secondary N) is 2. The van der Waals surface area contributed by atoms with Gasteiger partial charge in [0.25, 0.3) is 0 Å². The van der Waals surface area contributed by atoms with Crippen molar-refractivity contribution >= 4 is 17.7 Å². The van der Waals surface area contributed by atoms with Crippen LogP contribution in [0.1, 0.15) is 50.8 Å². The fraction of sp³-hybridized carbons (Fsp3) is 0.500. The molecule has 6 nitrogen and oxygen atoms in total. The summed E-state index contributed by atoms with van der Waals surface area (Å²) in [4.78, 5) is 23.9. The first kappa shape index (κ1) is 19.3. The molecule has 0 aliphatic heterocycles. The minimum absolute atomic E-state index is 0.0551. The molecule has 136 valence electrons. The number of aromatic amines is 1. The van der Waals surface area contributed by atoms with Crippen LogP contribution in [0.4, 0.5) is 0 Å². The van der Waals surface area contributed by atoms with Crippen LogP contribution in [0.25, 0.3) is 0 Å².